The van der Waals surface area contributed by atoms with Gasteiger partial charge in [0.1, 0.15) is 0 Å². The Hall–Kier alpha value is -3.91. The van der Waals surface area contributed by atoms with Crippen LogP contribution in [0.3, 0.4) is 0 Å². The molecule has 2 fully saturated rings. The van der Waals surface area contributed by atoms with Gasteiger partial charge in [0.25, 0.3) is 5.97 Å². The van der Waals surface area contributed by atoms with Gasteiger partial charge in [-0.25, -0.2) is 14.4 Å². The van der Waals surface area contributed by atoms with Crippen LogP contribution < -0.4 is 5.73 Å². The summed E-state index contributed by atoms with van der Waals surface area (Å²) in [4.78, 5) is 71.7. The second-order valence-corrected chi connectivity index (χ2v) is 9.62. The summed E-state index contributed by atoms with van der Waals surface area (Å²) >= 11 is 0. The predicted octanol–water partition coefficient (Wildman–Crippen LogP) is 2.03. The Kier molecular flexibility index (Phi) is 22.8. The maximum atomic E-state index is 11.3. The number of aliphatic hydroxyl groups excluding tert-OH is 1. The molecule has 3 rings (SSSR count). The molecule has 0 unspecified atom stereocenters. The van der Waals surface area contributed by atoms with Crippen molar-refractivity contribution in [3.05, 3.63) is 24.3 Å². The highest BCUT2D eigenvalue weighted by Crippen LogP contribution is 2.31. The molecule has 2 saturated carbocycles. The summed E-state index contributed by atoms with van der Waals surface area (Å²) in [5.74, 6) is -4.03. The highest BCUT2D eigenvalue weighted by Gasteiger charge is 2.26. The molecule has 238 valence electrons. The zero-order valence-electron chi connectivity index (χ0n) is 24.0. The van der Waals surface area contributed by atoms with Crippen LogP contribution in [0.4, 0.5) is 0 Å². The second-order valence-electron chi connectivity index (χ2n) is 9.62. The molecule has 2 aliphatic carbocycles. The van der Waals surface area contributed by atoms with Crippen molar-refractivity contribution in [1.29, 1.82) is 0 Å². The van der Waals surface area contributed by atoms with Crippen molar-refractivity contribution in [3.8, 4) is 0 Å². The van der Waals surface area contributed by atoms with Crippen LogP contribution in [0.5, 0.6) is 0 Å². The zero-order chi connectivity index (χ0) is 32.7. The molecule has 0 bridgehead atoms. The molecule has 14 nitrogen and oxygen atoms in total. The standard InChI is InChI=1S/C13H18O5.C8H15NO2.C4H2O3.C2H4O2.CH4O/c14-11(7-8-12(15)16)6-3-9-1-4-10(5-2-9)13(17)18;9-5-6-1-3-7(4-2-6)8(10)11;5-3-1-2-4(6)7-3;1-2(3)4;1-2/h7-10H,1-6H2,(H,15,16)(H,17,18);6-7H,1-5,9H2,(H,10,11);1-2H;1H3,(H,3,4);2H,1H3/b8-7-;;;;. The van der Waals surface area contributed by atoms with Crippen molar-refractivity contribution in [2.24, 2.45) is 29.4 Å². The van der Waals surface area contributed by atoms with E-state index in [1.165, 1.54) is 0 Å². The number of esters is 2. The van der Waals surface area contributed by atoms with Gasteiger partial charge in [0.2, 0.25) is 0 Å². The minimum absolute atomic E-state index is 0.0993. The summed E-state index contributed by atoms with van der Waals surface area (Å²) < 4.78 is 3.97. The molecule has 0 aromatic carbocycles. The van der Waals surface area contributed by atoms with E-state index in [-0.39, 0.29) is 17.6 Å². The lowest BCUT2D eigenvalue weighted by Crippen LogP contribution is -2.25. The summed E-state index contributed by atoms with van der Waals surface area (Å²) in [6, 6.07) is 0. The van der Waals surface area contributed by atoms with Crippen LogP contribution in [-0.2, 0) is 38.3 Å². The van der Waals surface area contributed by atoms with Crippen molar-refractivity contribution in [1.82, 2.24) is 0 Å². The lowest BCUT2D eigenvalue weighted by molar-refractivity contribution is -0.150. The van der Waals surface area contributed by atoms with Crippen LogP contribution in [0.25, 0.3) is 0 Å². The van der Waals surface area contributed by atoms with Gasteiger partial charge in [0.05, 0.1) is 11.8 Å². The minimum atomic E-state index is -1.12. The normalized spacial score (nSPS) is 22.3. The van der Waals surface area contributed by atoms with Crippen molar-refractivity contribution in [2.45, 2.75) is 71.1 Å². The molecule has 0 saturated heterocycles. The van der Waals surface area contributed by atoms with Crippen molar-refractivity contribution in [2.75, 3.05) is 13.7 Å². The van der Waals surface area contributed by atoms with E-state index in [0.29, 0.717) is 37.6 Å². The number of carbonyl (C=O) groups is 7. The van der Waals surface area contributed by atoms with Gasteiger partial charge < -0.3 is 36.0 Å². The summed E-state index contributed by atoms with van der Waals surface area (Å²) in [6.07, 6.45) is 11.8. The SMILES string of the molecule is CC(=O)O.CO.NCC1CCC(C(=O)O)CC1.O=C(O)/C=C\C(=O)CCC1CCC(C(=O)O)CC1.O=C1C=CC(=O)O1. The van der Waals surface area contributed by atoms with Crippen LogP contribution in [0.1, 0.15) is 71.1 Å². The number of allylic oxidation sites excluding steroid dienone is 1. The average molecular weight is 602 g/mol. The first-order valence-electron chi connectivity index (χ1n) is 13.4. The number of aliphatic carboxylic acids is 4. The number of hydrogen-bond donors (Lipinski definition) is 6. The number of carbonyl (C=O) groups excluding carboxylic acids is 3. The van der Waals surface area contributed by atoms with Crippen molar-refractivity contribution < 1.29 is 63.8 Å². The quantitative estimate of drug-likeness (QED) is 0.132. The molecule has 7 N–H and O–H groups in total. The van der Waals surface area contributed by atoms with Gasteiger partial charge in [-0.15, -0.1) is 0 Å². The van der Waals surface area contributed by atoms with Crippen LogP contribution in [0, 0.1) is 23.7 Å². The lowest BCUT2D eigenvalue weighted by atomic mass is 9.80. The third kappa shape index (κ3) is 21.9. The van der Waals surface area contributed by atoms with Crippen LogP contribution >= 0.6 is 0 Å². The molecule has 0 spiro atoms. The summed E-state index contributed by atoms with van der Waals surface area (Å²) in [5.41, 5.74) is 5.48. The predicted molar refractivity (Wildman–Crippen MR) is 148 cm³/mol. The number of aliphatic hydroxyl groups is 1. The fourth-order valence-electron chi connectivity index (χ4n) is 4.24. The first kappa shape index (κ1) is 40.2. The van der Waals surface area contributed by atoms with E-state index in [2.05, 4.69) is 4.74 Å². The number of carboxylic acid groups (broad SMARTS) is 4. The van der Waals surface area contributed by atoms with E-state index in [0.717, 1.165) is 83.3 Å². The molecule has 14 heteroatoms. The molecule has 1 heterocycles. The highest BCUT2D eigenvalue weighted by atomic mass is 16.6. The summed E-state index contributed by atoms with van der Waals surface area (Å²) in [6.45, 7) is 1.80. The van der Waals surface area contributed by atoms with Gasteiger partial charge in [0.15, 0.2) is 5.78 Å². The van der Waals surface area contributed by atoms with Crippen LogP contribution in [-0.4, -0.2) is 80.8 Å². The largest absolute Gasteiger partial charge is 0.481 e. The van der Waals surface area contributed by atoms with Gasteiger partial charge in [0, 0.05) is 38.7 Å². The van der Waals surface area contributed by atoms with E-state index in [9.17, 15) is 28.8 Å². The van der Waals surface area contributed by atoms with E-state index in [4.69, 9.17) is 36.1 Å². The highest BCUT2D eigenvalue weighted by molar-refractivity contribution is 6.04. The Morgan fingerprint density at radius 2 is 1.14 bits per heavy atom. The number of cyclic esters (lactones) is 2. The van der Waals surface area contributed by atoms with Gasteiger partial charge in [-0.3, -0.25) is 19.2 Å². The van der Waals surface area contributed by atoms with Gasteiger partial charge >= 0.3 is 29.8 Å². The second kappa shape index (κ2) is 23.8. The molecule has 3 aliphatic rings. The maximum Gasteiger partial charge on any atom is 0.338 e. The Morgan fingerprint density at radius 3 is 1.43 bits per heavy atom. The summed E-state index contributed by atoms with van der Waals surface area (Å²) in [7, 11) is 1.00. The Balaban J connectivity index is 0. The fourth-order valence-corrected chi connectivity index (χ4v) is 4.24. The van der Waals surface area contributed by atoms with Crippen molar-refractivity contribution >= 4 is 41.6 Å². The van der Waals surface area contributed by atoms with Crippen LogP contribution in [0.15, 0.2) is 24.3 Å². The third-order valence-corrected chi connectivity index (χ3v) is 6.49. The fraction of sp³-hybridized carbons (Fsp3) is 0.607. The first-order chi connectivity index (χ1) is 19.7. The van der Waals surface area contributed by atoms with Gasteiger partial charge in [-0.1, -0.05) is 0 Å². The molecule has 0 atom stereocenters. The van der Waals surface area contributed by atoms with Crippen LogP contribution in [0.2, 0.25) is 0 Å². The first-order valence-corrected chi connectivity index (χ1v) is 13.4. The lowest BCUT2D eigenvalue weighted by Gasteiger charge is -2.25. The Bertz CT molecular complexity index is 921. The Morgan fingerprint density at radius 1 is 0.762 bits per heavy atom. The smallest absolute Gasteiger partial charge is 0.338 e. The van der Waals surface area contributed by atoms with E-state index >= 15 is 0 Å². The average Bonchev–Trinajstić information content (AvgIpc) is 3.34. The van der Waals surface area contributed by atoms with E-state index < -0.39 is 35.8 Å². The molecule has 0 radical (unpaired) electrons. The molecule has 42 heavy (non-hydrogen) atoms. The van der Waals surface area contributed by atoms with Gasteiger partial charge in [-0.2, -0.15) is 0 Å². The molecule has 0 aromatic rings. The number of nitrogens with two attached hydrogens (primary N) is 1. The molecular formula is C28H43NO13. The van der Waals surface area contributed by atoms with Crippen molar-refractivity contribution in [3.63, 3.8) is 0 Å². The van der Waals surface area contributed by atoms with E-state index in [1.807, 2.05) is 0 Å². The Labute approximate surface area is 244 Å². The van der Waals surface area contributed by atoms with Gasteiger partial charge in [-0.05, 0) is 82.2 Å². The topological polar surface area (TPSA) is 256 Å². The summed E-state index contributed by atoms with van der Waals surface area (Å²) in [5, 5.41) is 40.3. The maximum absolute atomic E-state index is 11.3. The third-order valence-electron chi connectivity index (χ3n) is 6.49. The van der Waals surface area contributed by atoms with E-state index in [1.54, 1.807) is 0 Å². The number of hydrogen-bond acceptors (Lipinski definition) is 10. The number of ketones is 1. The zero-order valence-corrected chi connectivity index (χ0v) is 24.0. The number of rotatable bonds is 8. The number of ether oxygens (including phenoxy) is 1. The molecule has 0 amide bonds. The minimum Gasteiger partial charge on any atom is -0.481 e. The number of carboxylic acids is 4. The molecule has 0 aromatic heterocycles. The molecule has 1 aliphatic heterocycles. The monoisotopic (exact) mass is 601 g/mol. The molecular weight excluding hydrogens is 558 g/mol.